The maximum atomic E-state index is 9.66. The first kappa shape index (κ1) is 14.5. The lowest BCUT2D eigenvalue weighted by atomic mass is 9.90. The van der Waals surface area contributed by atoms with Crippen LogP contribution in [0.5, 0.6) is 5.88 Å². The van der Waals surface area contributed by atoms with Crippen LogP contribution in [-0.2, 0) is 6.61 Å². The molecule has 0 unspecified atom stereocenters. The zero-order valence-corrected chi connectivity index (χ0v) is 13.2. The summed E-state index contributed by atoms with van der Waals surface area (Å²) in [6.45, 7) is 0.635. The van der Waals surface area contributed by atoms with Gasteiger partial charge in [0.1, 0.15) is 0 Å². The number of aromatic amines is 1. The molecule has 3 aromatic rings. The summed E-state index contributed by atoms with van der Waals surface area (Å²) >= 11 is 0. The molecule has 2 N–H and O–H groups in total. The fourth-order valence-corrected chi connectivity index (χ4v) is 3.63. The SMILES string of the molecule is OCc1nc(OCC2CCCCC2)cc2c1[nH]c1ccccc12. The Morgan fingerprint density at radius 2 is 1.96 bits per heavy atom. The molecule has 0 bridgehead atoms. The third-order valence-corrected chi connectivity index (χ3v) is 4.89. The molecule has 1 aromatic carbocycles. The van der Waals surface area contributed by atoms with Crippen molar-refractivity contribution in [3.05, 3.63) is 36.0 Å². The molecule has 1 aliphatic carbocycles. The number of hydrogen-bond acceptors (Lipinski definition) is 3. The minimum atomic E-state index is -0.0933. The van der Waals surface area contributed by atoms with Crippen molar-refractivity contribution in [1.29, 1.82) is 0 Å². The second-order valence-electron chi connectivity index (χ2n) is 6.47. The lowest BCUT2D eigenvalue weighted by Crippen LogP contribution is -2.15. The number of ether oxygens (including phenoxy) is 1. The number of aliphatic hydroxyl groups excluding tert-OH is 1. The second-order valence-corrected chi connectivity index (χ2v) is 6.47. The highest BCUT2D eigenvalue weighted by Gasteiger charge is 2.16. The molecule has 1 saturated carbocycles. The largest absolute Gasteiger partial charge is 0.477 e. The molecule has 2 aromatic heterocycles. The van der Waals surface area contributed by atoms with Gasteiger partial charge in [-0.3, -0.25) is 0 Å². The molecule has 0 saturated heterocycles. The summed E-state index contributed by atoms with van der Waals surface area (Å²) in [7, 11) is 0. The van der Waals surface area contributed by atoms with E-state index in [2.05, 4.69) is 16.0 Å². The molecular weight excluding hydrogens is 288 g/mol. The van der Waals surface area contributed by atoms with Crippen LogP contribution in [0.15, 0.2) is 30.3 Å². The van der Waals surface area contributed by atoms with E-state index in [4.69, 9.17) is 4.74 Å². The van der Waals surface area contributed by atoms with Gasteiger partial charge in [-0.15, -0.1) is 0 Å². The van der Waals surface area contributed by atoms with Crippen LogP contribution in [0.1, 0.15) is 37.8 Å². The highest BCUT2D eigenvalue weighted by Crippen LogP contribution is 2.30. The minimum absolute atomic E-state index is 0.0933. The molecule has 0 radical (unpaired) electrons. The molecule has 23 heavy (non-hydrogen) atoms. The average molecular weight is 310 g/mol. The first-order valence-electron chi connectivity index (χ1n) is 8.49. The summed E-state index contributed by atoms with van der Waals surface area (Å²) in [5.74, 6) is 1.26. The summed E-state index contributed by atoms with van der Waals surface area (Å²) in [6, 6.07) is 10.1. The van der Waals surface area contributed by atoms with Gasteiger partial charge < -0.3 is 14.8 Å². The van der Waals surface area contributed by atoms with E-state index in [1.807, 2.05) is 24.3 Å². The molecular formula is C19H22N2O2. The monoisotopic (exact) mass is 310 g/mol. The van der Waals surface area contributed by atoms with Crippen LogP contribution in [0, 0.1) is 5.92 Å². The standard InChI is InChI=1S/C19H22N2O2/c22-11-17-19-15(14-8-4-5-9-16(14)21-19)10-18(20-17)23-12-13-6-2-1-3-7-13/h4-5,8-10,13,21-22H,1-3,6-7,11-12H2. The van der Waals surface area contributed by atoms with Gasteiger partial charge in [-0.25, -0.2) is 4.98 Å². The Hall–Kier alpha value is -2.07. The number of aromatic nitrogens is 2. The Kier molecular flexibility index (Phi) is 3.92. The van der Waals surface area contributed by atoms with Crippen molar-refractivity contribution >= 4 is 21.8 Å². The molecule has 0 aliphatic heterocycles. The van der Waals surface area contributed by atoms with Gasteiger partial charge in [-0.1, -0.05) is 37.5 Å². The van der Waals surface area contributed by atoms with Crippen LogP contribution in [0.2, 0.25) is 0 Å². The first-order chi connectivity index (χ1) is 11.3. The van der Waals surface area contributed by atoms with Gasteiger partial charge in [0.2, 0.25) is 5.88 Å². The summed E-state index contributed by atoms with van der Waals surface area (Å²) in [5.41, 5.74) is 2.61. The molecule has 1 fully saturated rings. The van der Waals surface area contributed by atoms with Crippen molar-refractivity contribution in [3.63, 3.8) is 0 Å². The number of H-pyrrole nitrogens is 1. The van der Waals surface area contributed by atoms with Crippen LogP contribution in [0.25, 0.3) is 21.8 Å². The number of para-hydroxylation sites is 1. The molecule has 2 heterocycles. The fourth-order valence-electron chi connectivity index (χ4n) is 3.63. The van der Waals surface area contributed by atoms with E-state index in [0.29, 0.717) is 17.5 Å². The van der Waals surface area contributed by atoms with Crippen LogP contribution in [0.4, 0.5) is 0 Å². The molecule has 1 aliphatic rings. The molecule has 120 valence electrons. The molecule has 0 amide bonds. The van der Waals surface area contributed by atoms with E-state index in [1.54, 1.807) is 0 Å². The Labute approximate surface area is 135 Å². The summed E-state index contributed by atoms with van der Waals surface area (Å²) in [6.07, 6.45) is 6.48. The number of nitrogens with one attached hydrogen (secondary N) is 1. The van der Waals surface area contributed by atoms with Gasteiger partial charge in [0.05, 0.1) is 24.4 Å². The van der Waals surface area contributed by atoms with Crippen molar-refractivity contribution in [3.8, 4) is 5.88 Å². The third kappa shape index (κ3) is 2.79. The van der Waals surface area contributed by atoms with Gasteiger partial charge in [0.15, 0.2) is 0 Å². The van der Waals surface area contributed by atoms with Crippen molar-refractivity contribution in [2.24, 2.45) is 5.92 Å². The smallest absolute Gasteiger partial charge is 0.214 e. The summed E-state index contributed by atoms with van der Waals surface area (Å²) in [5, 5.41) is 11.9. The maximum absolute atomic E-state index is 9.66. The van der Waals surface area contributed by atoms with Crippen molar-refractivity contribution in [2.75, 3.05) is 6.61 Å². The van der Waals surface area contributed by atoms with Crippen molar-refractivity contribution in [1.82, 2.24) is 9.97 Å². The minimum Gasteiger partial charge on any atom is -0.477 e. The topological polar surface area (TPSA) is 58.1 Å². The summed E-state index contributed by atoms with van der Waals surface area (Å²) in [4.78, 5) is 7.85. The highest BCUT2D eigenvalue weighted by atomic mass is 16.5. The number of nitrogens with zero attached hydrogens (tertiary/aromatic N) is 1. The van der Waals surface area contributed by atoms with E-state index in [9.17, 15) is 5.11 Å². The zero-order chi connectivity index (χ0) is 15.6. The fraction of sp³-hybridized carbons (Fsp3) is 0.421. The van der Waals surface area contributed by atoms with E-state index in [0.717, 1.165) is 28.4 Å². The molecule has 0 spiro atoms. The van der Waals surface area contributed by atoms with Crippen LogP contribution >= 0.6 is 0 Å². The zero-order valence-electron chi connectivity index (χ0n) is 13.2. The number of aliphatic hydroxyl groups is 1. The number of hydrogen-bond donors (Lipinski definition) is 2. The van der Waals surface area contributed by atoms with Crippen molar-refractivity contribution in [2.45, 2.75) is 38.7 Å². The average Bonchev–Trinajstić information content (AvgIpc) is 2.99. The van der Waals surface area contributed by atoms with Gasteiger partial charge in [-0.2, -0.15) is 0 Å². The quantitative estimate of drug-likeness (QED) is 0.760. The van der Waals surface area contributed by atoms with E-state index < -0.39 is 0 Å². The Bertz CT molecular complexity index is 819. The van der Waals surface area contributed by atoms with Gasteiger partial charge in [-0.05, 0) is 24.8 Å². The van der Waals surface area contributed by atoms with E-state index >= 15 is 0 Å². The number of benzene rings is 1. The van der Waals surface area contributed by atoms with E-state index in [1.165, 1.54) is 32.1 Å². The molecule has 0 atom stereocenters. The van der Waals surface area contributed by atoms with Gasteiger partial charge in [0, 0.05) is 22.4 Å². The maximum Gasteiger partial charge on any atom is 0.214 e. The predicted octanol–water partition coefficient (Wildman–Crippen LogP) is 4.17. The van der Waals surface area contributed by atoms with Gasteiger partial charge in [0.25, 0.3) is 0 Å². The molecule has 4 nitrogen and oxygen atoms in total. The van der Waals surface area contributed by atoms with Crippen molar-refractivity contribution < 1.29 is 9.84 Å². The lowest BCUT2D eigenvalue weighted by molar-refractivity contribution is 0.201. The third-order valence-electron chi connectivity index (χ3n) is 4.89. The van der Waals surface area contributed by atoms with Crippen LogP contribution in [0.3, 0.4) is 0 Å². The second kappa shape index (κ2) is 6.20. The predicted molar refractivity (Wildman–Crippen MR) is 91.6 cm³/mol. The molecule has 4 heteroatoms. The van der Waals surface area contributed by atoms with E-state index in [-0.39, 0.29) is 6.61 Å². The Balaban J connectivity index is 1.67. The lowest BCUT2D eigenvalue weighted by Gasteiger charge is -2.21. The Morgan fingerprint density at radius 3 is 2.78 bits per heavy atom. The van der Waals surface area contributed by atoms with Gasteiger partial charge >= 0.3 is 0 Å². The molecule has 4 rings (SSSR count). The summed E-state index contributed by atoms with van der Waals surface area (Å²) < 4.78 is 5.98. The van der Waals surface area contributed by atoms with Crippen LogP contribution in [-0.4, -0.2) is 21.7 Å². The first-order valence-corrected chi connectivity index (χ1v) is 8.49. The Morgan fingerprint density at radius 1 is 1.13 bits per heavy atom. The van der Waals surface area contributed by atoms with Crippen LogP contribution < -0.4 is 4.74 Å². The number of pyridine rings is 1. The highest BCUT2D eigenvalue weighted by molar-refractivity contribution is 6.08. The number of fused-ring (bicyclic) bond motifs is 3. The normalized spacial score (nSPS) is 16.2. The number of rotatable bonds is 4.